The number of ether oxygens (including phenoxy) is 2. The molecule has 6 nitrogen and oxygen atoms in total. The van der Waals surface area contributed by atoms with Crippen molar-refractivity contribution in [2.75, 3.05) is 19.0 Å². The predicted molar refractivity (Wildman–Crippen MR) is 79.5 cm³/mol. The van der Waals surface area contributed by atoms with Crippen LogP contribution in [-0.4, -0.2) is 44.6 Å². The highest BCUT2D eigenvalue weighted by Crippen LogP contribution is 2.31. The van der Waals surface area contributed by atoms with Gasteiger partial charge in [0.05, 0.1) is 24.2 Å². The van der Waals surface area contributed by atoms with Crippen molar-refractivity contribution in [3.8, 4) is 0 Å². The largest absolute Gasteiger partial charge is 0.465 e. The molecule has 0 aromatic rings. The summed E-state index contributed by atoms with van der Waals surface area (Å²) in [5.74, 6) is -1.69. The molecule has 0 saturated carbocycles. The fraction of sp³-hybridized carbons (Fsp3) is 0.857. The van der Waals surface area contributed by atoms with Crippen molar-refractivity contribution in [3.63, 3.8) is 0 Å². The Morgan fingerprint density at radius 1 is 1.00 bits per heavy atom. The van der Waals surface area contributed by atoms with Crippen LogP contribution in [0.1, 0.15) is 47.5 Å². The van der Waals surface area contributed by atoms with Gasteiger partial charge in [-0.25, -0.2) is 8.42 Å². The van der Waals surface area contributed by atoms with Gasteiger partial charge >= 0.3 is 11.9 Å². The van der Waals surface area contributed by atoms with Gasteiger partial charge in [-0.15, -0.1) is 0 Å². The maximum atomic E-state index is 12.2. The maximum absolute atomic E-state index is 12.2. The van der Waals surface area contributed by atoms with Gasteiger partial charge < -0.3 is 9.47 Å². The van der Waals surface area contributed by atoms with Crippen molar-refractivity contribution >= 4 is 21.8 Å². The molecule has 21 heavy (non-hydrogen) atoms. The number of esters is 2. The molecule has 0 aromatic carbocycles. The summed E-state index contributed by atoms with van der Waals surface area (Å²) >= 11 is 0. The highest BCUT2D eigenvalue weighted by molar-refractivity contribution is 7.91. The molecule has 0 spiro atoms. The molecule has 0 unspecified atom stereocenters. The highest BCUT2D eigenvalue weighted by Gasteiger charge is 2.47. The predicted octanol–water partition coefficient (Wildman–Crippen LogP) is 1.72. The second-order valence-corrected chi connectivity index (χ2v) is 7.72. The lowest BCUT2D eigenvalue weighted by Gasteiger charge is -2.28. The summed E-state index contributed by atoms with van der Waals surface area (Å²) in [6, 6.07) is 0. The summed E-state index contributed by atoms with van der Waals surface area (Å²) < 4.78 is 33.8. The van der Waals surface area contributed by atoms with Gasteiger partial charge in [0, 0.05) is 0 Å². The first kappa shape index (κ1) is 19.9. The van der Waals surface area contributed by atoms with Crippen LogP contribution in [0.5, 0.6) is 0 Å². The summed E-state index contributed by atoms with van der Waals surface area (Å²) in [6.45, 7) is 8.29. The molecule has 0 bridgehead atoms. The molecule has 0 aromatic heterocycles. The quantitative estimate of drug-likeness (QED) is 0.474. The SMILES string of the molecule is CCOC(=O)C(CC)(CCS(=O)(=O)C(C)C)C(=O)OCC. The third-order valence-electron chi connectivity index (χ3n) is 3.47. The second kappa shape index (κ2) is 8.36. The molecule has 0 amide bonds. The van der Waals surface area contributed by atoms with Crippen molar-refractivity contribution in [2.45, 2.75) is 52.7 Å². The molecule has 0 rings (SSSR count). The first-order chi connectivity index (χ1) is 9.67. The second-order valence-electron chi connectivity index (χ2n) is 5.04. The minimum Gasteiger partial charge on any atom is -0.465 e. The van der Waals surface area contributed by atoms with Crippen molar-refractivity contribution in [2.24, 2.45) is 5.41 Å². The van der Waals surface area contributed by atoms with Crippen LogP contribution in [0.4, 0.5) is 0 Å². The summed E-state index contributed by atoms with van der Waals surface area (Å²) in [5.41, 5.74) is -1.55. The lowest BCUT2D eigenvalue weighted by atomic mass is 9.82. The average Bonchev–Trinajstić information content (AvgIpc) is 2.40. The minimum atomic E-state index is -3.35. The third-order valence-corrected chi connectivity index (χ3v) is 5.68. The highest BCUT2D eigenvalue weighted by atomic mass is 32.2. The number of hydrogen-bond acceptors (Lipinski definition) is 6. The maximum Gasteiger partial charge on any atom is 0.323 e. The molecular formula is C14H26O6S. The molecule has 0 fully saturated rings. The Kier molecular flexibility index (Phi) is 7.92. The van der Waals surface area contributed by atoms with Crippen molar-refractivity contribution < 1.29 is 27.5 Å². The smallest absolute Gasteiger partial charge is 0.323 e. The Morgan fingerprint density at radius 3 is 1.71 bits per heavy atom. The molecule has 0 aliphatic carbocycles. The zero-order valence-corrected chi connectivity index (χ0v) is 14.3. The summed E-state index contributed by atoms with van der Waals surface area (Å²) in [7, 11) is -3.35. The van der Waals surface area contributed by atoms with Crippen LogP contribution in [0.25, 0.3) is 0 Å². The number of sulfone groups is 1. The normalized spacial score (nSPS) is 12.3. The number of hydrogen-bond donors (Lipinski definition) is 0. The molecule has 0 atom stereocenters. The van der Waals surface area contributed by atoms with E-state index in [2.05, 4.69) is 0 Å². The van der Waals surface area contributed by atoms with Crippen LogP contribution in [0.15, 0.2) is 0 Å². The van der Waals surface area contributed by atoms with E-state index in [1.165, 1.54) is 0 Å². The Labute approximate surface area is 127 Å². The van der Waals surface area contributed by atoms with Gasteiger partial charge in [-0.05, 0) is 40.5 Å². The fourth-order valence-corrected chi connectivity index (χ4v) is 2.95. The lowest BCUT2D eigenvalue weighted by Crippen LogP contribution is -2.43. The van der Waals surface area contributed by atoms with Crippen LogP contribution >= 0.6 is 0 Å². The Balaban J connectivity index is 5.39. The third kappa shape index (κ3) is 4.98. The van der Waals surface area contributed by atoms with Gasteiger partial charge in [0.25, 0.3) is 0 Å². The Hall–Kier alpha value is -1.11. The van der Waals surface area contributed by atoms with E-state index in [0.717, 1.165) is 0 Å². The van der Waals surface area contributed by atoms with E-state index in [-0.39, 0.29) is 31.8 Å². The van der Waals surface area contributed by atoms with E-state index in [4.69, 9.17) is 9.47 Å². The first-order valence-electron chi connectivity index (χ1n) is 7.23. The van der Waals surface area contributed by atoms with E-state index in [9.17, 15) is 18.0 Å². The molecule has 0 saturated heterocycles. The molecule has 124 valence electrons. The number of rotatable bonds is 9. The zero-order valence-electron chi connectivity index (χ0n) is 13.5. The van der Waals surface area contributed by atoms with E-state index in [0.29, 0.717) is 0 Å². The Bertz CT molecular complexity index is 434. The van der Waals surface area contributed by atoms with Crippen molar-refractivity contribution in [1.82, 2.24) is 0 Å². The van der Waals surface area contributed by atoms with E-state index in [1.807, 2.05) is 0 Å². The van der Waals surface area contributed by atoms with Gasteiger partial charge in [0.2, 0.25) is 0 Å². The summed E-state index contributed by atoms with van der Waals surface area (Å²) in [5, 5.41) is -0.559. The standard InChI is InChI=1S/C14H26O6S/c1-6-14(12(15)19-7-2,13(16)20-8-3)9-10-21(17,18)11(4)5/h11H,6-10H2,1-5H3. The molecular weight excluding hydrogens is 296 g/mol. The van der Waals surface area contributed by atoms with Gasteiger partial charge in [0.15, 0.2) is 15.3 Å². The lowest BCUT2D eigenvalue weighted by molar-refractivity contribution is -0.172. The monoisotopic (exact) mass is 322 g/mol. The summed E-state index contributed by atoms with van der Waals surface area (Å²) in [4.78, 5) is 24.4. The molecule has 0 radical (unpaired) electrons. The Morgan fingerprint density at radius 2 is 1.43 bits per heavy atom. The number of carbonyl (C=O) groups excluding carboxylic acids is 2. The van der Waals surface area contributed by atoms with Crippen LogP contribution in [0.3, 0.4) is 0 Å². The topological polar surface area (TPSA) is 86.7 Å². The van der Waals surface area contributed by atoms with E-state index < -0.39 is 32.4 Å². The van der Waals surface area contributed by atoms with Crippen LogP contribution in [0, 0.1) is 5.41 Å². The van der Waals surface area contributed by atoms with Crippen LogP contribution in [-0.2, 0) is 28.9 Å². The summed E-state index contributed by atoms with van der Waals surface area (Å²) in [6.07, 6.45) is 0.0139. The van der Waals surface area contributed by atoms with Crippen LogP contribution < -0.4 is 0 Å². The molecule has 0 heterocycles. The van der Waals surface area contributed by atoms with Gasteiger partial charge in [-0.2, -0.15) is 0 Å². The van der Waals surface area contributed by atoms with Crippen molar-refractivity contribution in [3.05, 3.63) is 0 Å². The number of carbonyl (C=O) groups is 2. The minimum absolute atomic E-state index is 0.122. The average molecular weight is 322 g/mol. The van der Waals surface area contributed by atoms with Crippen molar-refractivity contribution in [1.29, 1.82) is 0 Å². The molecule has 0 N–H and O–H groups in total. The zero-order chi connectivity index (χ0) is 16.7. The van der Waals surface area contributed by atoms with E-state index >= 15 is 0 Å². The molecule has 7 heteroatoms. The van der Waals surface area contributed by atoms with Gasteiger partial charge in [-0.1, -0.05) is 6.92 Å². The van der Waals surface area contributed by atoms with E-state index in [1.54, 1.807) is 34.6 Å². The molecule has 0 aliphatic rings. The fourth-order valence-electron chi connectivity index (χ4n) is 1.84. The molecule has 0 aliphatic heterocycles. The van der Waals surface area contributed by atoms with Crippen LogP contribution in [0.2, 0.25) is 0 Å². The van der Waals surface area contributed by atoms with Gasteiger partial charge in [0.1, 0.15) is 0 Å². The first-order valence-corrected chi connectivity index (χ1v) is 8.95. The van der Waals surface area contributed by atoms with Gasteiger partial charge in [-0.3, -0.25) is 9.59 Å².